The molecule has 1 heterocycles. The van der Waals surface area contributed by atoms with Crippen LogP contribution >= 0.6 is 0 Å². The van der Waals surface area contributed by atoms with E-state index in [1.807, 2.05) is 37.3 Å². The maximum Gasteiger partial charge on any atom is 0.494 e. The summed E-state index contributed by atoms with van der Waals surface area (Å²) in [5, 5.41) is 0. The van der Waals surface area contributed by atoms with E-state index in [2.05, 4.69) is 0 Å². The van der Waals surface area contributed by atoms with Gasteiger partial charge in [0, 0.05) is 48.9 Å². The minimum absolute atomic E-state index is 0.0208. The van der Waals surface area contributed by atoms with Crippen LogP contribution in [0.1, 0.15) is 76.3 Å². The first-order valence-corrected chi connectivity index (χ1v) is 12.3. The molecule has 190 valence electrons. The number of benzene rings is 3. The Kier molecular flexibility index (Phi) is 5.59. The molecule has 3 aromatic rings. The SMILES string of the molecule is CC(=O)Oc1c2c(c(OC(C)=O)c3c1C(=O)c1ccccc1C3=O)[C@@H]1C[C@](C)(C2)OB(c2ccccc2)O1. The van der Waals surface area contributed by atoms with Crippen LogP contribution < -0.4 is 14.9 Å². The first-order chi connectivity index (χ1) is 18.2. The van der Waals surface area contributed by atoms with Gasteiger partial charge < -0.3 is 18.8 Å². The molecule has 1 aliphatic heterocycles. The van der Waals surface area contributed by atoms with Crippen molar-refractivity contribution < 1.29 is 38.0 Å². The van der Waals surface area contributed by atoms with E-state index in [1.165, 1.54) is 13.8 Å². The average molecular weight is 510 g/mol. The Bertz CT molecular complexity index is 1550. The molecule has 0 spiro atoms. The fraction of sp³-hybridized carbons (Fsp3) is 0.241. The van der Waals surface area contributed by atoms with Crippen molar-refractivity contribution in [1.29, 1.82) is 0 Å². The van der Waals surface area contributed by atoms with Gasteiger partial charge in [0.15, 0.2) is 11.6 Å². The first kappa shape index (κ1) is 24.3. The van der Waals surface area contributed by atoms with Crippen LogP contribution in [0, 0.1) is 0 Å². The quantitative estimate of drug-likeness (QED) is 0.234. The number of rotatable bonds is 3. The van der Waals surface area contributed by atoms with Crippen molar-refractivity contribution in [3.05, 3.63) is 88.0 Å². The molecule has 0 aromatic heterocycles. The van der Waals surface area contributed by atoms with Crippen LogP contribution in [0.4, 0.5) is 0 Å². The number of hydrogen-bond donors (Lipinski definition) is 0. The van der Waals surface area contributed by atoms with Crippen molar-refractivity contribution in [2.75, 3.05) is 0 Å². The lowest BCUT2D eigenvalue weighted by atomic mass is 9.68. The van der Waals surface area contributed by atoms with Crippen molar-refractivity contribution in [1.82, 2.24) is 0 Å². The fourth-order valence-electron chi connectivity index (χ4n) is 5.71. The highest BCUT2D eigenvalue weighted by Gasteiger charge is 2.51. The molecule has 2 atom stereocenters. The number of carbonyl (C=O) groups is 4. The summed E-state index contributed by atoms with van der Waals surface area (Å²) >= 11 is 0. The molecule has 2 bridgehead atoms. The van der Waals surface area contributed by atoms with Gasteiger partial charge >= 0.3 is 19.1 Å². The number of ether oxygens (including phenoxy) is 2. The van der Waals surface area contributed by atoms with Gasteiger partial charge in [-0.15, -0.1) is 0 Å². The Hall–Kier alpha value is -4.08. The summed E-state index contributed by atoms with van der Waals surface area (Å²) in [6.07, 6.45) is -0.0373. The fourth-order valence-corrected chi connectivity index (χ4v) is 5.71. The van der Waals surface area contributed by atoms with Crippen molar-refractivity contribution in [2.24, 2.45) is 0 Å². The predicted octanol–water partition coefficient (Wildman–Crippen LogP) is 3.50. The molecule has 6 rings (SSSR count). The molecule has 0 radical (unpaired) electrons. The van der Waals surface area contributed by atoms with Gasteiger partial charge in [0.2, 0.25) is 0 Å². The van der Waals surface area contributed by atoms with Crippen molar-refractivity contribution in [3.63, 3.8) is 0 Å². The Morgan fingerprint density at radius 3 is 2.03 bits per heavy atom. The molecule has 8 nitrogen and oxygen atoms in total. The lowest BCUT2D eigenvalue weighted by molar-refractivity contribution is -0.133. The zero-order valence-corrected chi connectivity index (χ0v) is 21.0. The topological polar surface area (TPSA) is 105 Å². The molecule has 38 heavy (non-hydrogen) atoms. The molecular weight excluding hydrogens is 487 g/mol. The third kappa shape index (κ3) is 3.78. The standard InChI is InChI=1S/C29H23BO8/c1-15(31)35-27-20-13-29(3)14-21(37-30(38-29)17-9-5-4-6-10-17)22(20)28(36-16(2)32)24-23(27)25(33)18-11-7-8-12-19(18)26(24)34/h4-12,21H,13-14H2,1-3H3/t21-,29-/m0/s1. The Labute approximate surface area is 219 Å². The number of ketones is 2. The third-order valence-corrected chi connectivity index (χ3v) is 7.15. The van der Waals surface area contributed by atoms with Gasteiger partial charge in [-0.1, -0.05) is 54.6 Å². The molecule has 2 aliphatic carbocycles. The van der Waals surface area contributed by atoms with Gasteiger partial charge in [0.25, 0.3) is 0 Å². The van der Waals surface area contributed by atoms with Crippen LogP contribution in [0.15, 0.2) is 54.6 Å². The minimum atomic E-state index is -0.757. The molecular formula is C29H23BO8. The minimum Gasteiger partial charge on any atom is -0.426 e. The van der Waals surface area contributed by atoms with Crippen LogP contribution in [0.2, 0.25) is 0 Å². The summed E-state index contributed by atoms with van der Waals surface area (Å²) in [4.78, 5) is 52.3. The molecule has 0 unspecified atom stereocenters. The zero-order chi connectivity index (χ0) is 26.8. The molecule has 0 saturated carbocycles. The van der Waals surface area contributed by atoms with Crippen LogP contribution in [-0.4, -0.2) is 36.2 Å². The first-order valence-electron chi connectivity index (χ1n) is 12.3. The second-order valence-electron chi connectivity index (χ2n) is 10.0. The Morgan fingerprint density at radius 1 is 0.868 bits per heavy atom. The maximum absolute atomic E-state index is 13.9. The van der Waals surface area contributed by atoms with E-state index in [4.69, 9.17) is 18.8 Å². The molecule has 3 aromatic carbocycles. The van der Waals surface area contributed by atoms with Gasteiger partial charge in [-0.05, 0) is 12.4 Å². The van der Waals surface area contributed by atoms with E-state index < -0.39 is 42.3 Å². The summed E-state index contributed by atoms with van der Waals surface area (Å²) in [7, 11) is -0.718. The molecule has 1 saturated heterocycles. The van der Waals surface area contributed by atoms with Crippen molar-refractivity contribution >= 4 is 36.1 Å². The van der Waals surface area contributed by atoms with Crippen molar-refractivity contribution in [2.45, 2.75) is 45.3 Å². The summed E-state index contributed by atoms with van der Waals surface area (Å²) in [5.74, 6) is -2.36. The Balaban J connectivity index is 1.64. The number of esters is 2. The largest absolute Gasteiger partial charge is 0.494 e. The van der Waals surface area contributed by atoms with Gasteiger partial charge in [0.1, 0.15) is 11.5 Å². The van der Waals surface area contributed by atoms with Gasteiger partial charge in [-0.3, -0.25) is 19.2 Å². The predicted molar refractivity (Wildman–Crippen MR) is 136 cm³/mol. The maximum atomic E-state index is 13.9. The normalized spacial score (nSPS) is 21.2. The van der Waals surface area contributed by atoms with E-state index in [1.54, 1.807) is 24.3 Å². The van der Waals surface area contributed by atoms with E-state index in [9.17, 15) is 19.2 Å². The van der Waals surface area contributed by atoms with E-state index in [0.717, 1.165) is 5.46 Å². The number of carbonyl (C=O) groups excluding carboxylic acids is 4. The lowest BCUT2D eigenvalue weighted by Crippen LogP contribution is -2.54. The summed E-state index contributed by atoms with van der Waals surface area (Å²) in [6, 6.07) is 15.8. The number of hydrogen-bond acceptors (Lipinski definition) is 8. The highest BCUT2D eigenvalue weighted by Crippen LogP contribution is 2.54. The van der Waals surface area contributed by atoms with E-state index in [0.29, 0.717) is 17.5 Å². The molecule has 0 N–H and O–H groups in total. The van der Waals surface area contributed by atoms with Gasteiger partial charge in [-0.25, -0.2) is 0 Å². The second kappa shape index (κ2) is 8.75. The second-order valence-corrected chi connectivity index (χ2v) is 10.0. The van der Waals surface area contributed by atoms with Crippen molar-refractivity contribution in [3.8, 4) is 11.5 Å². The van der Waals surface area contributed by atoms with Crippen LogP contribution in [0.25, 0.3) is 0 Å². The molecule has 3 aliphatic rings. The van der Waals surface area contributed by atoms with E-state index >= 15 is 0 Å². The Morgan fingerprint density at radius 2 is 1.42 bits per heavy atom. The summed E-state index contributed by atoms with van der Waals surface area (Å²) < 4.78 is 24.1. The lowest BCUT2D eigenvalue weighted by Gasteiger charge is -2.47. The zero-order valence-electron chi connectivity index (χ0n) is 21.0. The third-order valence-electron chi connectivity index (χ3n) is 7.15. The highest BCUT2D eigenvalue weighted by molar-refractivity contribution is 6.61. The summed E-state index contributed by atoms with van der Waals surface area (Å²) in [5.41, 5.74) is 1.08. The molecule has 0 amide bonds. The van der Waals surface area contributed by atoms with Crippen LogP contribution in [0.5, 0.6) is 11.5 Å². The monoisotopic (exact) mass is 510 g/mol. The summed E-state index contributed by atoms with van der Waals surface area (Å²) in [6.45, 7) is 4.38. The molecule has 1 fully saturated rings. The number of fused-ring (bicyclic) bond motifs is 6. The van der Waals surface area contributed by atoms with Crippen LogP contribution in [-0.2, 0) is 25.3 Å². The average Bonchev–Trinajstić information content (AvgIpc) is 2.87. The smallest absolute Gasteiger partial charge is 0.426 e. The highest BCUT2D eigenvalue weighted by atomic mass is 16.6. The molecule has 9 heteroatoms. The van der Waals surface area contributed by atoms with E-state index in [-0.39, 0.29) is 40.2 Å². The van der Waals surface area contributed by atoms with Crippen LogP contribution in [0.3, 0.4) is 0 Å². The van der Waals surface area contributed by atoms with Gasteiger partial charge in [0.05, 0.1) is 22.8 Å². The van der Waals surface area contributed by atoms with Gasteiger partial charge in [-0.2, -0.15) is 0 Å².